The minimum atomic E-state index is -0.104. The lowest BCUT2D eigenvalue weighted by Gasteiger charge is -2.23. The summed E-state index contributed by atoms with van der Waals surface area (Å²) in [6.07, 6.45) is 0.276. The monoisotopic (exact) mass is 337 g/mol. The summed E-state index contributed by atoms with van der Waals surface area (Å²) < 4.78 is 0. The van der Waals surface area contributed by atoms with Crippen LogP contribution in [0.4, 0.5) is 11.4 Å². The Kier molecular flexibility index (Phi) is 6.55. The van der Waals surface area contributed by atoms with Crippen molar-refractivity contribution >= 4 is 17.3 Å². The van der Waals surface area contributed by atoms with Crippen LogP contribution >= 0.6 is 0 Å². The largest absolute Gasteiger partial charge is 0.392 e. The summed E-state index contributed by atoms with van der Waals surface area (Å²) in [5, 5.41) is 21.2. The van der Waals surface area contributed by atoms with Crippen molar-refractivity contribution in [1.29, 1.82) is 5.26 Å². The average Bonchev–Trinajstić information content (AvgIpc) is 2.63. The van der Waals surface area contributed by atoms with Crippen LogP contribution in [-0.4, -0.2) is 24.1 Å². The fourth-order valence-corrected chi connectivity index (χ4v) is 2.51. The van der Waals surface area contributed by atoms with E-state index in [1.807, 2.05) is 56.3 Å². The first-order chi connectivity index (χ1) is 12.0. The Hall–Kier alpha value is -2.84. The van der Waals surface area contributed by atoms with Gasteiger partial charge in [0.1, 0.15) is 0 Å². The van der Waals surface area contributed by atoms with Crippen molar-refractivity contribution in [3.05, 3.63) is 59.2 Å². The van der Waals surface area contributed by atoms with Crippen LogP contribution in [0, 0.1) is 25.2 Å². The van der Waals surface area contributed by atoms with Gasteiger partial charge in [0, 0.05) is 17.9 Å². The Morgan fingerprint density at radius 3 is 2.68 bits per heavy atom. The van der Waals surface area contributed by atoms with Crippen LogP contribution in [0.2, 0.25) is 0 Å². The topological polar surface area (TPSA) is 76.4 Å². The van der Waals surface area contributed by atoms with Crippen molar-refractivity contribution in [3.63, 3.8) is 0 Å². The molecule has 0 unspecified atom stereocenters. The van der Waals surface area contributed by atoms with E-state index in [1.165, 1.54) is 0 Å². The van der Waals surface area contributed by atoms with Gasteiger partial charge in [0.15, 0.2) is 0 Å². The highest BCUT2D eigenvalue weighted by Gasteiger charge is 2.16. The molecule has 0 aliphatic carbocycles. The number of anilines is 2. The first kappa shape index (κ1) is 18.5. The first-order valence-electron chi connectivity index (χ1n) is 8.23. The van der Waals surface area contributed by atoms with E-state index in [0.717, 1.165) is 28.1 Å². The first-order valence-corrected chi connectivity index (χ1v) is 8.23. The molecule has 0 spiro atoms. The van der Waals surface area contributed by atoms with E-state index in [0.29, 0.717) is 6.54 Å². The molecule has 0 heterocycles. The Labute approximate surface area is 148 Å². The van der Waals surface area contributed by atoms with Gasteiger partial charge in [-0.25, -0.2) is 0 Å². The average molecular weight is 337 g/mol. The molecule has 2 aromatic rings. The van der Waals surface area contributed by atoms with Gasteiger partial charge in [0.05, 0.1) is 25.6 Å². The zero-order valence-electron chi connectivity index (χ0n) is 14.6. The summed E-state index contributed by atoms with van der Waals surface area (Å²) in [5.41, 5.74) is 4.63. The summed E-state index contributed by atoms with van der Waals surface area (Å²) in [6.45, 7) is 4.46. The Morgan fingerprint density at radius 1 is 1.20 bits per heavy atom. The van der Waals surface area contributed by atoms with Crippen molar-refractivity contribution in [2.75, 3.05) is 23.3 Å². The van der Waals surface area contributed by atoms with Crippen LogP contribution in [0.15, 0.2) is 42.5 Å². The fourth-order valence-electron chi connectivity index (χ4n) is 2.51. The van der Waals surface area contributed by atoms with Gasteiger partial charge >= 0.3 is 0 Å². The molecule has 0 aromatic heterocycles. The van der Waals surface area contributed by atoms with Crippen LogP contribution in [-0.2, 0) is 11.4 Å². The third-order valence-electron chi connectivity index (χ3n) is 4.10. The summed E-state index contributed by atoms with van der Waals surface area (Å²) in [4.78, 5) is 14.3. The highest BCUT2D eigenvalue weighted by molar-refractivity contribution is 5.96. The second-order valence-corrected chi connectivity index (χ2v) is 5.93. The summed E-state index contributed by atoms with van der Waals surface area (Å²) >= 11 is 0. The van der Waals surface area contributed by atoms with Crippen LogP contribution in [0.3, 0.4) is 0 Å². The van der Waals surface area contributed by atoms with E-state index in [2.05, 4.69) is 11.4 Å². The maximum absolute atomic E-state index is 12.7. The molecule has 1 amide bonds. The minimum Gasteiger partial charge on any atom is -0.392 e. The van der Waals surface area contributed by atoms with Crippen molar-refractivity contribution in [3.8, 4) is 6.07 Å². The maximum Gasteiger partial charge on any atom is 0.246 e. The molecule has 2 N–H and O–H groups in total. The normalized spacial score (nSPS) is 10.2. The van der Waals surface area contributed by atoms with Gasteiger partial charge in [-0.05, 0) is 54.8 Å². The van der Waals surface area contributed by atoms with Gasteiger partial charge in [-0.1, -0.05) is 18.2 Å². The number of nitrogens with zero attached hydrogens (tertiary/aromatic N) is 2. The van der Waals surface area contributed by atoms with Gasteiger partial charge in [-0.2, -0.15) is 5.26 Å². The van der Waals surface area contributed by atoms with Crippen LogP contribution < -0.4 is 10.2 Å². The predicted molar refractivity (Wildman–Crippen MR) is 99.4 cm³/mol. The highest BCUT2D eigenvalue weighted by atomic mass is 16.3. The molecule has 5 heteroatoms. The molecule has 130 valence electrons. The number of rotatable bonds is 7. The molecule has 2 aromatic carbocycles. The van der Waals surface area contributed by atoms with Crippen molar-refractivity contribution in [2.24, 2.45) is 0 Å². The zero-order chi connectivity index (χ0) is 18.2. The number of amides is 1. The molecule has 5 nitrogen and oxygen atoms in total. The zero-order valence-corrected chi connectivity index (χ0v) is 14.6. The minimum absolute atomic E-state index is 0.0413. The van der Waals surface area contributed by atoms with Gasteiger partial charge in [-0.3, -0.25) is 4.79 Å². The number of carbonyl (C=O) groups excluding carboxylic acids is 1. The summed E-state index contributed by atoms with van der Waals surface area (Å²) in [5.74, 6) is -0.104. The Balaban J connectivity index is 2.12. The van der Waals surface area contributed by atoms with E-state index in [9.17, 15) is 9.90 Å². The number of hydrogen-bond acceptors (Lipinski definition) is 4. The van der Waals surface area contributed by atoms with Crippen LogP contribution in [0.5, 0.6) is 0 Å². The smallest absolute Gasteiger partial charge is 0.246 e. The number of benzene rings is 2. The SMILES string of the molecule is Cc1ccc(N(CCC#N)C(=O)CNc2cccc(CO)c2)cc1C. The molecule has 0 bridgehead atoms. The lowest BCUT2D eigenvalue weighted by molar-refractivity contribution is -0.117. The lowest BCUT2D eigenvalue weighted by atomic mass is 10.1. The molecule has 0 atom stereocenters. The van der Waals surface area contributed by atoms with Crippen molar-refractivity contribution < 1.29 is 9.90 Å². The summed E-state index contributed by atoms with van der Waals surface area (Å²) in [7, 11) is 0. The van der Waals surface area contributed by atoms with Crippen molar-refractivity contribution in [2.45, 2.75) is 26.9 Å². The molecule has 0 radical (unpaired) electrons. The number of aliphatic hydroxyl groups is 1. The highest BCUT2D eigenvalue weighted by Crippen LogP contribution is 2.20. The van der Waals surface area contributed by atoms with Crippen molar-refractivity contribution in [1.82, 2.24) is 0 Å². The van der Waals surface area contributed by atoms with E-state index in [4.69, 9.17) is 5.26 Å². The third-order valence-corrected chi connectivity index (χ3v) is 4.10. The maximum atomic E-state index is 12.7. The van der Waals surface area contributed by atoms with Crippen LogP contribution in [0.25, 0.3) is 0 Å². The molecule has 0 saturated carbocycles. The number of aryl methyl sites for hydroxylation is 2. The number of hydrogen-bond donors (Lipinski definition) is 2. The standard InChI is InChI=1S/C20H23N3O2/c1-15-7-8-19(11-16(15)2)23(10-4-9-21)20(25)13-22-18-6-3-5-17(12-18)14-24/h3,5-8,11-12,22,24H,4,10,13-14H2,1-2H3. The van der Waals surface area contributed by atoms with Gasteiger partial charge in [0.2, 0.25) is 5.91 Å². The van der Waals surface area contributed by atoms with E-state index in [1.54, 1.807) is 4.90 Å². The number of aliphatic hydroxyl groups excluding tert-OH is 1. The quantitative estimate of drug-likeness (QED) is 0.814. The molecule has 0 fully saturated rings. The van der Waals surface area contributed by atoms with Gasteiger partial charge in [0.25, 0.3) is 0 Å². The van der Waals surface area contributed by atoms with Gasteiger partial charge in [-0.15, -0.1) is 0 Å². The van der Waals surface area contributed by atoms with Gasteiger partial charge < -0.3 is 15.3 Å². The Morgan fingerprint density at radius 2 is 2.00 bits per heavy atom. The Bertz CT molecular complexity index is 781. The second kappa shape index (κ2) is 8.86. The molecule has 0 aliphatic rings. The molecule has 2 rings (SSSR count). The summed E-state index contributed by atoms with van der Waals surface area (Å²) in [6, 6.07) is 15.3. The third kappa shape index (κ3) is 5.07. The number of nitriles is 1. The molecular formula is C20H23N3O2. The molecule has 0 aliphatic heterocycles. The van der Waals surface area contributed by atoms with E-state index in [-0.39, 0.29) is 25.5 Å². The molecular weight excluding hydrogens is 314 g/mol. The molecule has 25 heavy (non-hydrogen) atoms. The fraction of sp³-hybridized carbons (Fsp3) is 0.300. The van der Waals surface area contributed by atoms with E-state index >= 15 is 0 Å². The molecule has 0 saturated heterocycles. The number of nitrogens with one attached hydrogen (secondary N) is 1. The lowest BCUT2D eigenvalue weighted by Crippen LogP contribution is -2.36. The second-order valence-electron chi connectivity index (χ2n) is 5.93. The number of carbonyl (C=O) groups is 1. The van der Waals surface area contributed by atoms with E-state index < -0.39 is 0 Å². The predicted octanol–water partition coefficient (Wildman–Crippen LogP) is 3.15. The van der Waals surface area contributed by atoms with Crippen LogP contribution in [0.1, 0.15) is 23.1 Å².